The molecule has 1 spiro atoms. The molecular formula is C7H11NO2. The lowest BCUT2D eigenvalue weighted by Crippen LogP contribution is -2.52. The Morgan fingerprint density at radius 3 is 2.60 bits per heavy atom. The van der Waals surface area contributed by atoms with Gasteiger partial charge in [0.15, 0.2) is 0 Å². The summed E-state index contributed by atoms with van der Waals surface area (Å²) in [6, 6.07) is 0. The van der Waals surface area contributed by atoms with E-state index >= 15 is 0 Å². The minimum Gasteiger partial charge on any atom is -0.444 e. The lowest BCUT2D eigenvalue weighted by Gasteiger charge is -2.38. The molecule has 0 aromatic rings. The van der Waals surface area contributed by atoms with Gasteiger partial charge in [0.05, 0.1) is 5.54 Å². The second kappa shape index (κ2) is 1.65. The summed E-state index contributed by atoms with van der Waals surface area (Å²) in [6.07, 6.45) is 3.22. The van der Waals surface area contributed by atoms with Crippen molar-refractivity contribution in [2.75, 3.05) is 0 Å². The van der Waals surface area contributed by atoms with Crippen LogP contribution >= 0.6 is 0 Å². The topological polar surface area (TPSA) is 38.3 Å². The number of carbonyl (C=O) groups excluding carboxylic acids is 1. The predicted octanol–water partition coefficient (Wildman–Crippen LogP) is 1.04. The maximum Gasteiger partial charge on any atom is 0.408 e. The number of cyclic esters (lactones) is 1. The summed E-state index contributed by atoms with van der Waals surface area (Å²) in [4.78, 5) is 10.7. The Labute approximate surface area is 59.7 Å². The molecule has 0 radical (unpaired) electrons. The Balaban J connectivity index is 2.15. The third-order valence-electron chi connectivity index (χ3n) is 2.66. The van der Waals surface area contributed by atoms with Gasteiger partial charge in [-0.25, -0.2) is 4.79 Å². The van der Waals surface area contributed by atoms with Crippen molar-refractivity contribution in [3.63, 3.8) is 0 Å². The number of rotatable bonds is 0. The monoisotopic (exact) mass is 141 g/mol. The Bertz CT molecular complexity index is 174. The average Bonchev–Trinajstić information content (AvgIpc) is 2.04. The highest BCUT2D eigenvalue weighted by molar-refractivity contribution is 5.71. The van der Waals surface area contributed by atoms with E-state index < -0.39 is 0 Å². The first-order chi connectivity index (χ1) is 4.73. The fourth-order valence-electron chi connectivity index (χ4n) is 1.70. The van der Waals surface area contributed by atoms with Crippen LogP contribution in [0.3, 0.4) is 0 Å². The molecule has 3 nitrogen and oxygen atoms in total. The Kier molecular flexibility index (Phi) is 0.993. The zero-order valence-electron chi connectivity index (χ0n) is 6.02. The molecule has 1 N–H and O–H groups in total. The van der Waals surface area contributed by atoms with Crippen molar-refractivity contribution in [1.29, 1.82) is 0 Å². The standard InChI is InChI=1S/C7H11NO2/c1-5-7(3-2-4-7)8-6(9)10-5/h5H,2-4H2,1H3,(H,8,9). The molecule has 10 heavy (non-hydrogen) atoms. The van der Waals surface area contributed by atoms with Crippen LogP contribution in [0.4, 0.5) is 4.79 Å². The van der Waals surface area contributed by atoms with Gasteiger partial charge in [0.1, 0.15) is 6.10 Å². The van der Waals surface area contributed by atoms with Crippen LogP contribution in [0.25, 0.3) is 0 Å². The summed E-state index contributed by atoms with van der Waals surface area (Å²) in [5, 5.41) is 2.86. The molecule has 2 fully saturated rings. The fraction of sp³-hybridized carbons (Fsp3) is 0.857. The molecule has 1 amide bonds. The fourth-order valence-corrected chi connectivity index (χ4v) is 1.70. The summed E-state index contributed by atoms with van der Waals surface area (Å²) in [6.45, 7) is 1.96. The average molecular weight is 141 g/mol. The molecule has 1 heterocycles. The number of ether oxygens (including phenoxy) is 1. The van der Waals surface area contributed by atoms with Crippen LogP contribution in [0.2, 0.25) is 0 Å². The third-order valence-corrected chi connectivity index (χ3v) is 2.66. The number of alkyl carbamates (subject to hydrolysis) is 1. The van der Waals surface area contributed by atoms with Gasteiger partial charge in [-0.2, -0.15) is 0 Å². The minimum atomic E-state index is -0.243. The molecule has 2 aliphatic rings. The van der Waals surface area contributed by atoms with Crippen molar-refractivity contribution >= 4 is 6.09 Å². The van der Waals surface area contributed by atoms with Gasteiger partial charge >= 0.3 is 6.09 Å². The second-order valence-electron chi connectivity index (χ2n) is 3.18. The van der Waals surface area contributed by atoms with Crippen LogP contribution < -0.4 is 5.32 Å². The van der Waals surface area contributed by atoms with Gasteiger partial charge in [-0.05, 0) is 26.2 Å². The quantitative estimate of drug-likeness (QED) is 0.547. The molecule has 0 bridgehead atoms. The van der Waals surface area contributed by atoms with Crippen LogP contribution in [0.5, 0.6) is 0 Å². The predicted molar refractivity (Wildman–Crippen MR) is 35.7 cm³/mol. The van der Waals surface area contributed by atoms with E-state index in [2.05, 4.69) is 5.32 Å². The van der Waals surface area contributed by atoms with Crippen molar-refractivity contribution in [1.82, 2.24) is 5.32 Å². The SMILES string of the molecule is CC1OC(=O)NC12CCC2. The highest BCUT2D eigenvalue weighted by Gasteiger charge is 2.50. The normalized spacial score (nSPS) is 34.9. The molecule has 1 saturated carbocycles. The number of nitrogens with one attached hydrogen (secondary N) is 1. The van der Waals surface area contributed by atoms with E-state index in [1.165, 1.54) is 6.42 Å². The van der Waals surface area contributed by atoms with E-state index in [0.29, 0.717) is 0 Å². The van der Waals surface area contributed by atoms with E-state index in [-0.39, 0.29) is 17.7 Å². The van der Waals surface area contributed by atoms with Crippen molar-refractivity contribution in [2.45, 2.75) is 37.8 Å². The van der Waals surface area contributed by atoms with E-state index in [4.69, 9.17) is 4.74 Å². The highest BCUT2D eigenvalue weighted by atomic mass is 16.6. The first kappa shape index (κ1) is 6.01. The van der Waals surface area contributed by atoms with E-state index in [1.54, 1.807) is 0 Å². The van der Waals surface area contributed by atoms with Crippen LogP contribution in [-0.2, 0) is 4.74 Å². The van der Waals surface area contributed by atoms with Gasteiger partial charge in [-0.1, -0.05) is 0 Å². The van der Waals surface area contributed by atoms with E-state index in [0.717, 1.165) is 12.8 Å². The number of carbonyl (C=O) groups is 1. The molecule has 1 aliphatic heterocycles. The zero-order chi connectivity index (χ0) is 7.19. The summed E-state index contributed by atoms with van der Waals surface area (Å²) in [5.74, 6) is 0. The number of amides is 1. The molecule has 1 atom stereocenters. The first-order valence-electron chi connectivity index (χ1n) is 3.72. The Morgan fingerprint density at radius 1 is 1.70 bits per heavy atom. The molecule has 1 unspecified atom stereocenters. The Hall–Kier alpha value is -0.730. The van der Waals surface area contributed by atoms with Gasteiger partial charge in [0.2, 0.25) is 0 Å². The summed E-state index contributed by atoms with van der Waals surface area (Å²) >= 11 is 0. The van der Waals surface area contributed by atoms with Gasteiger partial charge in [-0.3, -0.25) is 0 Å². The smallest absolute Gasteiger partial charge is 0.408 e. The third kappa shape index (κ3) is 0.576. The van der Waals surface area contributed by atoms with Crippen LogP contribution in [0, 0.1) is 0 Å². The first-order valence-corrected chi connectivity index (χ1v) is 3.72. The summed E-state index contributed by atoms with van der Waals surface area (Å²) < 4.78 is 4.97. The molecular weight excluding hydrogens is 130 g/mol. The van der Waals surface area contributed by atoms with Crippen LogP contribution in [0.15, 0.2) is 0 Å². The van der Waals surface area contributed by atoms with Crippen molar-refractivity contribution in [3.05, 3.63) is 0 Å². The molecule has 1 aliphatic carbocycles. The highest BCUT2D eigenvalue weighted by Crippen LogP contribution is 2.39. The van der Waals surface area contributed by atoms with E-state index in [1.807, 2.05) is 6.92 Å². The van der Waals surface area contributed by atoms with Crippen molar-refractivity contribution in [2.24, 2.45) is 0 Å². The Morgan fingerprint density at radius 2 is 2.40 bits per heavy atom. The molecule has 1 saturated heterocycles. The number of hydrogen-bond donors (Lipinski definition) is 1. The van der Waals surface area contributed by atoms with Gasteiger partial charge in [0, 0.05) is 0 Å². The van der Waals surface area contributed by atoms with Crippen molar-refractivity contribution in [3.8, 4) is 0 Å². The maximum atomic E-state index is 10.7. The van der Waals surface area contributed by atoms with Crippen LogP contribution in [-0.4, -0.2) is 17.7 Å². The summed E-state index contributed by atoms with van der Waals surface area (Å²) in [7, 11) is 0. The zero-order valence-corrected chi connectivity index (χ0v) is 6.02. The molecule has 2 rings (SSSR count). The minimum absolute atomic E-state index is 0.0249. The van der Waals surface area contributed by atoms with Gasteiger partial charge < -0.3 is 10.1 Å². The molecule has 56 valence electrons. The van der Waals surface area contributed by atoms with Gasteiger partial charge in [0.25, 0.3) is 0 Å². The van der Waals surface area contributed by atoms with Crippen molar-refractivity contribution < 1.29 is 9.53 Å². The molecule has 0 aromatic heterocycles. The number of hydrogen-bond acceptors (Lipinski definition) is 2. The van der Waals surface area contributed by atoms with Crippen LogP contribution in [0.1, 0.15) is 26.2 Å². The summed E-state index contributed by atoms with van der Waals surface area (Å²) in [5.41, 5.74) is 0.0249. The molecule has 3 heteroatoms. The van der Waals surface area contributed by atoms with Gasteiger partial charge in [-0.15, -0.1) is 0 Å². The van der Waals surface area contributed by atoms with E-state index in [9.17, 15) is 4.79 Å². The second-order valence-corrected chi connectivity index (χ2v) is 3.18. The lowest BCUT2D eigenvalue weighted by atomic mass is 9.74. The largest absolute Gasteiger partial charge is 0.444 e. The molecule has 0 aromatic carbocycles. The maximum absolute atomic E-state index is 10.7. The lowest BCUT2D eigenvalue weighted by molar-refractivity contribution is 0.0839.